The van der Waals surface area contributed by atoms with Crippen LogP contribution < -0.4 is 21.3 Å². The number of carbonyl (C=O) groups excluding carboxylic acids is 4. The molecule has 0 saturated carbocycles. The van der Waals surface area contributed by atoms with Gasteiger partial charge in [0.1, 0.15) is 5.82 Å². The summed E-state index contributed by atoms with van der Waals surface area (Å²) in [5.41, 5.74) is -0.954. The highest BCUT2D eigenvalue weighted by Gasteiger charge is 2.50. The summed E-state index contributed by atoms with van der Waals surface area (Å²) >= 11 is 6.14. The van der Waals surface area contributed by atoms with Crippen molar-refractivity contribution in [2.45, 2.75) is 12.5 Å². The van der Waals surface area contributed by atoms with Crippen LogP contribution in [0.4, 0.5) is 10.5 Å². The third-order valence-electron chi connectivity index (χ3n) is 4.19. The lowest BCUT2D eigenvalue weighted by atomic mass is 9.98. The van der Waals surface area contributed by atoms with Crippen LogP contribution in [0.2, 0.25) is 5.02 Å². The van der Waals surface area contributed by atoms with E-state index < -0.39 is 23.4 Å². The van der Waals surface area contributed by atoms with E-state index in [1.165, 1.54) is 31.3 Å². The number of halogens is 1. The highest BCUT2D eigenvalue weighted by Crippen LogP contribution is 2.24. The Kier molecular flexibility index (Phi) is 5.06. The van der Waals surface area contributed by atoms with Crippen LogP contribution in [0.5, 0.6) is 0 Å². The van der Waals surface area contributed by atoms with Gasteiger partial charge in [-0.1, -0.05) is 11.6 Å². The Morgan fingerprint density at radius 3 is 2.61 bits per heavy atom. The van der Waals surface area contributed by atoms with Gasteiger partial charge in [-0.05, 0) is 18.2 Å². The first-order chi connectivity index (χ1) is 13.2. The molecule has 11 heteroatoms. The first-order valence-corrected chi connectivity index (χ1v) is 8.57. The third-order valence-corrected chi connectivity index (χ3v) is 4.51. The van der Waals surface area contributed by atoms with Gasteiger partial charge >= 0.3 is 6.03 Å². The number of imide groups is 1. The molecule has 0 spiro atoms. The van der Waals surface area contributed by atoms with Crippen molar-refractivity contribution in [3.05, 3.63) is 47.0 Å². The number of aromatic nitrogens is 2. The molecule has 1 aliphatic heterocycles. The van der Waals surface area contributed by atoms with E-state index in [-0.39, 0.29) is 28.9 Å². The molecule has 4 N–H and O–H groups in total. The SMILES string of the molecule is CC(=O)Nc1ccc(C(=O)NCC2(c3nccn3C)NC(=O)NC2=O)c(Cl)c1. The summed E-state index contributed by atoms with van der Waals surface area (Å²) in [4.78, 5) is 52.0. The zero-order valence-corrected chi connectivity index (χ0v) is 15.8. The molecule has 146 valence electrons. The molecule has 1 unspecified atom stereocenters. The van der Waals surface area contributed by atoms with Crippen LogP contribution in [-0.4, -0.2) is 39.8 Å². The van der Waals surface area contributed by atoms with Gasteiger partial charge < -0.3 is 20.5 Å². The molecule has 10 nitrogen and oxygen atoms in total. The number of benzene rings is 1. The van der Waals surface area contributed by atoms with Crippen molar-refractivity contribution in [1.29, 1.82) is 0 Å². The maximum atomic E-state index is 12.6. The van der Waals surface area contributed by atoms with Gasteiger partial charge in [-0.3, -0.25) is 19.7 Å². The topological polar surface area (TPSA) is 134 Å². The number of anilines is 1. The van der Waals surface area contributed by atoms with Crippen LogP contribution in [0.3, 0.4) is 0 Å². The van der Waals surface area contributed by atoms with Crippen LogP contribution in [0.15, 0.2) is 30.6 Å². The number of rotatable bonds is 5. The average Bonchev–Trinajstić information content (AvgIpc) is 3.15. The summed E-state index contributed by atoms with van der Waals surface area (Å²) in [6.07, 6.45) is 3.10. The van der Waals surface area contributed by atoms with E-state index in [4.69, 9.17) is 11.6 Å². The van der Waals surface area contributed by atoms with Crippen molar-refractivity contribution >= 4 is 41.0 Å². The number of nitrogens with zero attached hydrogens (tertiary/aromatic N) is 2. The Bertz CT molecular complexity index is 988. The molecule has 1 saturated heterocycles. The van der Waals surface area contributed by atoms with Gasteiger partial charge in [0.05, 0.1) is 17.1 Å². The van der Waals surface area contributed by atoms with Gasteiger partial charge in [-0.2, -0.15) is 0 Å². The zero-order chi connectivity index (χ0) is 20.5. The molecule has 28 heavy (non-hydrogen) atoms. The number of urea groups is 1. The van der Waals surface area contributed by atoms with Gasteiger partial charge in [0.25, 0.3) is 11.8 Å². The molecule has 0 bridgehead atoms. The Morgan fingerprint density at radius 2 is 2.07 bits per heavy atom. The third kappa shape index (κ3) is 3.54. The second kappa shape index (κ2) is 7.31. The summed E-state index contributed by atoms with van der Waals surface area (Å²) in [6.45, 7) is 1.12. The molecule has 0 radical (unpaired) electrons. The highest BCUT2D eigenvalue weighted by molar-refractivity contribution is 6.34. The average molecular weight is 405 g/mol. The molecular formula is C17H17ClN6O4. The van der Waals surface area contributed by atoms with Crippen molar-refractivity contribution in [2.24, 2.45) is 7.05 Å². The molecule has 0 aliphatic carbocycles. The number of carbonyl (C=O) groups is 4. The minimum absolute atomic E-state index is 0.120. The quantitative estimate of drug-likeness (QED) is 0.538. The molecule has 5 amide bonds. The second-order valence-corrected chi connectivity index (χ2v) is 6.64. The Hall–Kier alpha value is -3.40. The first kappa shape index (κ1) is 19.4. The summed E-state index contributed by atoms with van der Waals surface area (Å²) in [5, 5.41) is 9.99. The first-order valence-electron chi connectivity index (χ1n) is 8.19. The number of amides is 5. The van der Waals surface area contributed by atoms with E-state index in [1.807, 2.05) is 0 Å². The van der Waals surface area contributed by atoms with Crippen molar-refractivity contribution in [1.82, 2.24) is 25.5 Å². The number of hydrogen-bond donors (Lipinski definition) is 4. The number of hydrogen-bond acceptors (Lipinski definition) is 5. The fourth-order valence-electron chi connectivity index (χ4n) is 2.92. The molecule has 1 aromatic carbocycles. The number of aryl methyl sites for hydroxylation is 1. The fraction of sp³-hybridized carbons (Fsp3) is 0.235. The normalized spacial score (nSPS) is 18.4. The predicted molar refractivity (Wildman–Crippen MR) is 99.6 cm³/mol. The van der Waals surface area contributed by atoms with E-state index >= 15 is 0 Å². The summed E-state index contributed by atoms with van der Waals surface area (Å²) in [7, 11) is 1.67. The number of imidazole rings is 1. The van der Waals surface area contributed by atoms with Crippen LogP contribution in [0.25, 0.3) is 0 Å². The Morgan fingerprint density at radius 1 is 1.32 bits per heavy atom. The van der Waals surface area contributed by atoms with Crippen LogP contribution in [0.1, 0.15) is 23.1 Å². The molecule has 3 rings (SSSR count). The van der Waals surface area contributed by atoms with E-state index in [0.717, 1.165) is 0 Å². The van der Waals surface area contributed by atoms with Crippen molar-refractivity contribution in [2.75, 3.05) is 11.9 Å². The van der Waals surface area contributed by atoms with Crippen LogP contribution in [-0.2, 0) is 22.2 Å². The summed E-state index contributed by atoms with van der Waals surface area (Å²) < 4.78 is 1.58. The highest BCUT2D eigenvalue weighted by atomic mass is 35.5. The van der Waals surface area contributed by atoms with Crippen molar-refractivity contribution in [3.63, 3.8) is 0 Å². The summed E-state index contributed by atoms with van der Waals surface area (Å²) in [5.74, 6) is -1.18. The lowest BCUT2D eigenvalue weighted by Crippen LogP contribution is -2.54. The largest absolute Gasteiger partial charge is 0.349 e. The lowest BCUT2D eigenvalue weighted by Gasteiger charge is -2.25. The molecule has 1 fully saturated rings. The van der Waals surface area contributed by atoms with E-state index in [2.05, 4.69) is 26.3 Å². The van der Waals surface area contributed by atoms with Gasteiger partial charge in [-0.25, -0.2) is 9.78 Å². The van der Waals surface area contributed by atoms with E-state index in [0.29, 0.717) is 5.69 Å². The van der Waals surface area contributed by atoms with E-state index in [9.17, 15) is 19.2 Å². The minimum Gasteiger partial charge on any atom is -0.349 e. The molecule has 1 atom stereocenters. The van der Waals surface area contributed by atoms with Gasteiger partial charge in [0, 0.05) is 32.1 Å². The minimum atomic E-state index is -1.55. The van der Waals surface area contributed by atoms with Crippen LogP contribution in [0, 0.1) is 0 Å². The molecule has 1 aliphatic rings. The predicted octanol–water partition coefficient (Wildman–Crippen LogP) is 0.497. The summed E-state index contributed by atoms with van der Waals surface area (Å²) in [6, 6.07) is 3.74. The number of nitrogens with one attached hydrogen (secondary N) is 4. The Balaban J connectivity index is 1.82. The zero-order valence-electron chi connectivity index (χ0n) is 15.0. The molecule has 2 heterocycles. The molecular weight excluding hydrogens is 388 g/mol. The van der Waals surface area contributed by atoms with Crippen LogP contribution >= 0.6 is 11.6 Å². The monoisotopic (exact) mass is 404 g/mol. The lowest BCUT2D eigenvalue weighted by molar-refractivity contribution is -0.124. The van der Waals surface area contributed by atoms with E-state index in [1.54, 1.807) is 17.8 Å². The van der Waals surface area contributed by atoms with Crippen molar-refractivity contribution in [3.8, 4) is 0 Å². The van der Waals surface area contributed by atoms with Crippen molar-refractivity contribution < 1.29 is 19.2 Å². The van der Waals surface area contributed by atoms with Gasteiger partial charge in [0.15, 0.2) is 5.54 Å². The molecule has 1 aromatic heterocycles. The second-order valence-electron chi connectivity index (χ2n) is 6.23. The standard InChI is InChI=1S/C17H17ClN6O4/c1-9(25)21-10-3-4-11(12(18)7-10)13(26)20-8-17(14-19-5-6-24(14)2)15(27)22-16(28)23-17/h3-7H,8H2,1-2H3,(H,20,26)(H,21,25)(H2,22,23,27,28). The van der Waals surface area contributed by atoms with Gasteiger partial charge in [0.2, 0.25) is 5.91 Å². The fourth-order valence-corrected chi connectivity index (χ4v) is 3.18. The maximum absolute atomic E-state index is 12.6. The Labute approximate surface area is 164 Å². The molecule has 2 aromatic rings. The smallest absolute Gasteiger partial charge is 0.322 e. The maximum Gasteiger partial charge on any atom is 0.322 e. The van der Waals surface area contributed by atoms with Gasteiger partial charge in [-0.15, -0.1) is 0 Å².